The van der Waals surface area contributed by atoms with Crippen molar-refractivity contribution in [3.05, 3.63) is 51.8 Å². The lowest BCUT2D eigenvalue weighted by atomic mass is 10.1. The van der Waals surface area contributed by atoms with E-state index < -0.39 is 0 Å². The third-order valence-electron chi connectivity index (χ3n) is 2.71. The van der Waals surface area contributed by atoms with Crippen LogP contribution in [0.1, 0.15) is 15.9 Å². The Balaban J connectivity index is 2.23. The molecule has 0 aliphatic rings. The minimum Gasteiger partial charge on any atom is -0.497 e. The first-order chi connectivity index (χ1) is 9.49. The van der Waals surface area contributed by atoms with E-state index in [1.807, 2.05) is 13.0 Å². The number of benzene rings is 1. The second-order valence-corrected chi connectivity index (χ2v) is 4.91. The predicted molar refractivity (Wildman–Crippen MR) is 79.9 cm³/mol. The molecule has 0 atom stereocenters. The van der Waals surface area contributed by atoms with Crippen LogP contribution >= 0.6 is 23.2 Å². The van der Waals surface area contributed by atoms with Gasteiger partial charge in [-0.15, -0.1) is 0 Å². The molecule has 4 nitrogen and oxygen atoms in total. The van der Waals surface area contributed by atoms with Gasteiger partial charge in [0.25, 0.3) is 5.91 Å². The summed E-state index contributed by atoms with van der Waals surface area (Å²) in [7, 11) is 1.59. The molecule has 104 valence electrons. The maximum absolute atomic E-state index is 12.1. The number of carbonyl (C=O) groups is 1. The average molecular weight is 311 g/mol. The zero-order valence-electron chi connectivity index (χ0n) is 10.9. The number of rotatable bonds is 3. The van der Waals surface area contributed by atoms with E-state index in [0.29, 0.717) is 11.3 Å². The molecule has 0 unspecified atom stereocenters. The monoisotopic (exact) mass is 310 g/mol. The standard InChI is InChI=1S/C14H12Cl2N2O2/c1-8-5-10(20-2)3-4-11(8)17-14(19)9-6-12(15)18-13(16)7-9/h3-7H,1-2H3,(H,17,19). The first-order valence-electron chi connectivity index (χ1n) is 5.78. The van der Waals surface area contributed by atoms with Gasteiger partial charge in [0.1, 0.15) is 16.1 Å². The van der Waals surface area contributed by atoms with Crippen LogP contribution in [-0.2, 0) is 0 Å². The Bertz CT molecular complexity index is 639. The van der Waals surface area contributed by atoms with E-state index in [1.165, 1.54) is 12.1 Å². The fourth-order valence-electron chi connectivity index (χ4n) is 1.69. The summed E-state index contributed by atoms with van der Waals surface area (Å²) in [5.41, 5.74) is 1.94. The number of carbonyl (C=O) groups excluding carboxylic acids is 1. The molecule has 0 bridgehead atoms. The summed E-state index contributed by atoms with van der Waals surface area (Å²) < 4.78 is 5.12. The fourth-order valence-corrected chi connectivity index (χ4v) is 2.15. The number of aromatic nitrogens is 1. The van der Waals surface area contributed by atoms with Crippen LogP contribution in [0.15, 0.2) is 30.3 Å². The number of amides is 1. The van der Waals surface area contributed by atoms with Crippen molar-refractivity contribution in [2.24, 2.45) is 0 Å². The van der Waals surface area contributed by atoms with Gasteiger partial charge >= 0.3 is 0 Å². The second kappa shape index (κ2) is 6.11. The Kier molecular flexibility index (Phi) is 4.47. The van der Waals surface area contributed by atoms with E-state index in [2.05, 4.69) is 10.3 Å². The molecule has 0 aliphatic carbocycles. The molecule has 0 radical (unpaired) electrons. The van der Waals surface area contributed by atoms with Crippen LogP contribution in [0.2, 0.25) is 10.3 Å². The summed E-state index contributed by atoms with van der Waals surface area (Å²) in [6, 6.07) is 8.30. The first-order valence-corrected chi connectivity index (χ1v) is 6.54. The normalized spacial score (nSPS) is 10.2. The molecular formula is C14H12Cl2N2O2. The van der Waals surface area contributed by atoms with Crippen LogP contribution in [0.5, 0.6) is 5.75 Å². The number of anilines is 1. The fraction of sp³-hybridized carbons (Fsp3) is 0.143. The van der Waals surface area contributed by atoms with Gasteiger partial charge in [0.2, 0.25) is 0 Å². The van der Waals surface area contributed by atoms with Crippen molar-refractivity contribution in [3.8, 4) is 5.75 Å². The van der Waals surface area contributed by atoms with E-state index in [0.717, 1.165) is 11.3 Å². The third-order valence-corrected chi connectivity index (χ3v) is 3.09. The minimum atomic E-state index is -0.301. The van der Waals surface area contributed by atoms with Gasteiger partial charge in [-0.2, -0.15) is 0 Å². The SMILES string of the molecule is COc1ccc(NC(=O)c2cc(Cl)nc(Cl)c2)c(C)c1. The molecular weight excluding hydrogens is 299 g/mol. The summed E-state index contributed by atoms with van der Waals surface area (Å²) in [5.74, 6) is 0.431. The first kappa shape index (κ1) is 14.6. The van der Waals surface area contributed by atoms with E-state index in [-0.39, 0.29) is 16.2 Å². The van der Waals surface area contributed by atoms with Crippen LogP contribution in [0.4, 0.5) is 5.69 Å². The second-order valence-electron chi connectivity index (χ2n) is 4.14. The number of nitrogens with one attached hydrogen (secondary N) is 1. The topological polar surface area (TPSA) is 51.2 Å². The molecule has 1 aromatic carbocycles. The molecule has 0 fully saturated rings. The van der Waals surface area contributed by atoms with Crippen molar-refractivity contribution in [2.75, 3.05) is 12.4 Å². The highest BCUT2D eigenvalue weighted by Gasteiger charge is 2.10. The number of pyridine rings is 1. The van der Waals surface area contributed by atoms with Gasteiger partial charge < -0.3 is 10.1 Å². The van der Waals surface area contributed by atoms with Crippen LogP contribution in [0.25, 0.3) is 0 Å². The zero-order chi connectivity index (χ0) is 14.7. The summed E-state index contributed by atoms with van der Waals surface area (Å²) in [6.07, 6.45) is 0. The highest BCUT2D eigenvalue weighted by Crippen LogP contribution is 2.22. The molecule has 1 heterocycles. The van der Waals surface area contributed by atoms with Crippen molar-refractivity contribution in [1.29, 1.82) is 0 Å². The lowest BCUT2D eigenvalue weighted by Gasteiger charge is -2.10. The largest absolute Gasteiger partial charge is 0.497 e. The lowest BCUT2D eigenvalue weighted by Crippen LogP contribution is -2.13. The smallest absolute Gasteiger partial charge is 0.255 e. The van der Waals surface area contributed by atoms with Gasteiger partial charge in [-0.25, -0.2) is 4.98 Å². The molecule has 0 aliphatic heterocycles. The Morgan fingerprint density at radius 3 is 2.40 bits per heavy atom. The Morgan fingerprint density at radius 2 is 1.85 bits per heavy atom. The third kappa shape index (κ3) is 3.40. The molecule has 2 aromatic rings. The molecule has 1 amide bonds. The van der Waals surface area contributed by atoms with Crippen LogP contribution < -0.4 is 10.1 Å². The molecule has 2 rings (SSSR count). The molecule has 1 aromatic heterocycles. The van der Waals surface area contributed by atoms with E-state index in [9.17, 15) is 4.79 Å². The van der Waals surface area contributed by atoms with Crippen molar-refractivity contribution < 1.29 is 9.53 Å². The molecule has 0 saturated carbocycles. The van der Waals surface area contributed by atoms with E-state index in [1.54, 1.807) is 19.2 Å². The highest BCUT2D eigenvalue weighted by atomic mass is 35.5. The van der Waals surface area contributed by atoms with Gasteiger partial charge in [0.15, 0.2) is 0 Å². The quantitative estimate of drug-likeness (QED) is 0.873. The van der Waals surface area contributed by atoms with Gasteiger partial charge in [0, 0.05) is 11.3 Å². The molecule has 0 spiro atoms. The summed E-state index contributed by atoms with van der Waals surface area (Å²) in [4.78, 5) is 15.9. The van der Waals surface area contributed by atoms with Crippen LogP contribution in [0.3, 0.4) is 0 Å². The summed E-state index contributed by atoms with van der Waals surface area (Å²) in [6.45, 7) is 1.88. The van der Waals surface area contributed by atoms with Gasteiger partial charge in [-0.1, -0.05) is 23.2 Å². The number of methoxy groups -OCH3 is 1. The highest BCUT2D eigenvalue weighted by molar-refractivity contribution is 6.33. The number of nitrogens with zero attached hydrogens (tertiary/aromatic N) is 1. The number of hydrogen-bond donors (Lipinski definition) is 1. The number of aryl methyl sites for hydroxylation is 1. The molecule has 20 heavy (non-hydrogen) atoms. The van der Waals surface area contributed by atoms with Crippen molar-refractivity contribution in [1.82, 2.24) is 4.98 Å². The van der Waals surface area contributed by atoms with E-state index >= 15 is 0 Å². The van der Waals surface area contributed by atoms with Crippen molar-refractivity contribution in [2.45, 2.75) is 6.92 Å². The van der Waals surface area contributed by atoms with Gasteiger partial charge in [0.05, 0.1) is 7.11 Å². The van der Waals surface area contributed by atoms with Gasteiger partial charge in [-0.05, 0) is 42.8 Å². The Labute approximate surface area is 126 Å². The Morgan fingerprint density at radius 1 is 1.20 bits per heavy atom. The van der Waals surface area contributed by atoms with E-state index in [4.69, 9.17) is 27.9 Å². The number of halogens is 2. The number of ether oxygens (including phenoxy) is 1. The zero-order valence-corrected chi connectivity index (χ0v) is 12.4. The maximum atomic E-state index is 12.1. The van der Waals surface area contributed by atoms with Crippen molar-refractivity contribution in [3.63, 3.8) is 0 Å². The maximum Gasteiger partial charge on any atom is 0.255 e. The Hall–Kier alpha value is -1.78. The molecule has 0 saturated heterocycles. The summed E-state index contributed by atoms with van der Waals surface area (Å²) in [5, 5.41) is 3.14. The van der Waals surface area contributed by atoms with Crippen LogP contribution in [-0.4, -0.2) is 18.0 Å². The van der Waals surface area contributed by atoms with Crippen LogP contribution in [0, 0.1) is 6.92 Å². The van der Waals surface area contributed by atoms with Crippen molar-refractivity contribution >= 4 is 34.8 Å². The number of hydrogen-bond acceptors (Lipinski definition) is 3. The lowest BCUT2D eigenvalue weighted by molar-refractivity contribution is 0.102. The van der Waals surface area contributed by atoms with Gasteiger partial charge in [-0.3, -0.25) is 4.79 Å². The average Bonchev–Trinajstić information content (AvgIpc) is 2.39. The minimum absolute atomic E-state index is 0.175. The molecule has 6 heteroatoms. The summed E-state index contributed by atoms with van der Waals surface area (Å²) >= 11 is 11.6. The predicted octanol–water partition coefficient (Wildman–Crippen LogP) is 3.96. The molecule has 1 N–H and O–H groups in total.